The van der Waals surface area contributed by atoms with Gasteiger partial charge in [-0.2, -0.15) is 11.8 Å². The van der Waals surface area contributed by atoms with Gasteiger partial charge in [0, 0.05) is 55.3 Å². The van der Waals surface area contributed by atoms with E-state index in [1.165, 1.54) is 6.42 Å². The Kier molecular flexibility index (Phi) is 25.4. The van der Waals surface area contributed by atoms with Crippen LogP contribution in [0.4, 0.5) is 0 Å². The van der Waals surface area contributed by atoms with Crippen LogP contribution in [0.15, 0.2) is 43.2 Å². The zero-order chi connectivity index (χ0) is 47.5. The van der Waals surface area contributed by atoms with Crippen LogP contribution in [-0.4, -0.2) is 117 Å². The van der Waals surface area contributed by atoms with Crippen molar-refractivity contribution in [2.75, 3.05) is 32.9 Å². The van der Waals surface area contributed by atoms with Gasteiger partial charge in [-0.05, 0) is 93.9 Å². The van der Waals surface area contributed by atoms with Crippen molar-refractivity contribution in [3.05, 3.63) is 43.2 Å². The summed E-state index contributed by atoms with van der Waals surface area (Å²) in [5, 5.41) is 13.8. The van der Waals surface area contributed by atoms with Crippen molar-refractivity contribution in [2.45, 2.75) is 169 Å². The number of carbonyl (C=O) groups is 4. The summed E-state index contributed by atoms with van der Waals surface area (Å²) in [6.07, 6.45) is 12.8. The predicted octanol–water partition coefficient (Wildman–Crippen LogP) is 8.64. The van der Waals surface area contributed by atoms with Crippen LogP contribution in [0.2, 0.25) is 0 Å². The first kappa shape index (κ1) is 56.7. The quantitative estimate of drug-likeness (QED) is 0.0471. The molecule has 3 unspecified atom stereocenters. The lowest BCUT2D eigenvalue weighted by molar-refractivity contribution is -0.143. The third-order valence-corrected chi connectivity index (χ3v) is 14.4. The SMILES string of the molecule is C=C/C=C(\C=C)C[C@@H](C)NC(=O)[C@H](C)C(C1CCC1)[C@@H]1CCCN1C(=O)CC(C)[C@H]([C@@H](C)CC)N(C)C(=O)[C@@H](NC(=O)C(C(C)C)N(C)CC(C)(C)SCC)C(C)C.O=C=CO. The highest BCUT2D eigenvalue weighted by molar-refractivity contribution is 8.00. The maximum absolute atomic E-state index is 14.5. The molecule has 0 aromatic carbocycles. The van der Waals surface area contributed by atoms with Crippen molar-refractivity contribution < 1.29 is 29.1 Å². The average molecular weight is 886 g/mol. The number of nitrogens with zero attached hydrogens (tertiary/aromatic N) is 3. The molecule has 0 radical (unpaired) electrons. The van der Waals surface area contributed by atoms with Gasteiger partial charge in [0.15, 0.2) is 12.2 Å². The van der Waals surface area contributed by atoms with Crippen LogP contribution < -0.4 is 10.6 Å². The zero-order valence-electron chi connectivity index (χ0n) is 41.2. The van der Waals surface area contributed by atoms with Crippen molar-refractivity contribution in [2.24, 2.45) is 41.4 Å². The Hall–Kier alpha value is -3.34. The number of aliphatic hydroxyl groups excluding tert-OH is 1. The first-order valence-corrected chi connectivity index (χ1v) is 24.3. The lowest BCUT2D eigenvalue weighted by Gasteiger charge is -2.44. The number of nitrogens with one attached hydrogen (secondary N) is 2. The number of hydrogen-bond acceptors (Lipinski definition) is 8. The van der Waals surface area contributed by atoms with Crippen molar-refractivity contribution >= 4 is 41.3 Å². The zero-order valence-corrected chi connectivity index (χ0v) is 42.0. The third kappa shape index (κ3) is 17.0. The van der Waals surface area contributed by atoms with Crippen molar-refractivity contribution in [3.8, 4) is 0 Å². The minimum Gasteiger partial charge on any atom is -0.504 e. The second-order valence-corrected chi connectivity index (χ2v) is 21.4. The molecule has 12 heteroatoms. The molecule has 3 N–H and O–H groups in total. The summed E-state index contributed by atoms with van der Waals surface area (Å²) < 4.78 is -0.0143. The number of likely N-dealkylation sites (N-methyl/N-ethyl adjacent to an activating group) is 2. The summed E-state index contributed by atoms with van der Waals surface area (Å²) in [4.78, 5) is 71.7. The molecule has 2 fully saturated rings. The average Bonchev–Trinajstić information content (AvgIpc) is 3.66. The number of thioether (sulfide) groups is 1. The van der Waals surface area contributed by atoms with Crippen LogP contribution in [0.5, 0.6) is 0 Å². The molecule has 0 spiro atoms. The fourth-order valence-corrected chi connectivity index (χ4v) is 11.1. The molecule has 0 aromatic heterocycles. The largest absolute Gasteiger partial charge is 0.504 e. The maximum atomic E-state index is 14.5. The highest BCUT2D eigenvalue weighted by atomic mass is 32.2. The van der Waals surface area contributed by atoms with E-state index in [4.69, 9.17) is 9.90 Å². The Bertz CT molecular complexity index is 1520. The molecule has 0 bridgehead atoms. The van der Waals surface area contributed by atoms with Crippen LogP contribution in [0, 0.1) is 41.4 Å². The molecule has 4 amide bonds. The summed E-state index contributed by atoms with van der Waals surface area (Å²) in [5.74, 6) is 2.29. The maximum Gasteiger partial charge on any atom is 0.245 e. The van der Waals surface area contributed by atoms with Crippen molar-refractivity contribution in [1.82, 2.24) is 25.3 Å². The van der Waals surface area contributed by atoms with Crippen LogP contribution in [0.1, 0.15) is 134 Å². The molecular formula is C50H87N5O6S. The van der Waals surface area contributed by atoms with E-state index in [-0.39, 0.29) is 88.1 Å². The normalized spacial score (nSPS) is 19.7. The molecule has 2 aliphatic rings. The summed E-state index contributed by atoms with van der Waals surface area (Å²) in [6.45, 7) is 34.3. The van der Waals surface area contributed by atoms with Gasteiger partial charge < -0.3 is 25.5 Å². The highest BCUT2D eigenvalue weighted by Crippen LogP contribution is 2.44. The second kappa shape index (κ2) is 27.8. The topological polar surface area (TPSA) is 139 Å². The van der Waals surface area contributed by atoms with E-state index in [1.807, 2.05) is 63.7 Å². The highest BCUT2D eigenvalue weighted by Gasteiger charge is 2.46. The Morgan fingerprint density at radius 2 is 1.52 bits per heavy atom. The van der Waals surface area contributed by atoms with Gasteiger partial charge >= 0.3 is 0 Å². The number of allylic oxidation sites excluding steroid dienone is 3. The number of carbonyl (C=O) groups excluding carboxylic acids is 5. The van der Waals surface area contributed by atoms with Crippen LogP contribution in [0.3, 0.4) is 0 Å². The molecular weight excluding hydrogens is 799 g/mol. The smallest absolute Gasteiger partial charge is 0.245 e. The number of aliphatic hydroxyl groups is 1. The first-order valence-electron chi connectivity index (χ1n) is 23.4. The third-order valence-electron chi connectivity index (χ3n) is 13.2. The number of hydrogen-bond donors (Lipinski definition) is 3. The van der Waals surface area contributed by atoms with Gasteiger partial charge in [-0.25, -0.2) is 4.79 Å². The molecule has 1 saturated heterocycles. The molecule has 1 aliphatic carbocycles. The minimum absolute atomic E-state index is 0.0143. The second-order valence-electron chi connectivity index (χ2n) is 19.4. The molecule has 9 atom stereocenters. The number of likely N-dealkylation sites (tertiary alicyclic amines) is 1. The van der Waals surface area contributed by atoms with E-state index in [9.17, 15) is 19.2 Å². The Labute approximate surface area is 381 Å². The standard InChI is InChI=1S/C48H85N5O4S.C2H2O2/c1-17-23-37(19-3)29-35(11)49-45(55)36(12)41(38-24-21-25-38)39-26-22-27-53(39)40(54)28-34(10)44(33(9)18-2)52(16)47(57)42(31(5)6)50-46(56)43(32(7)8)51(15)30-48(13,14)58-20-4;3-1-2-4/h17,19,23,31-36,38-39,41-44H,1,3,18,20-22,24-30H2,2,4-16H3,(H,49,55)(H,50,56);1,3H/b37-23+;/t33-,34?,35+,36+,39-,41?,42-,43?,44-;/m0./s1. The van der Waals surface area contributed by atoms with E-state index in [0.717, 1.165) is 55.9 Å². The molecule has 1 aliphatic heterocycles. The van der Waals surface area contributed by atoms with Gasteiger partial charge in [0.1, 0.15) is 6.04 Å². The summed E-state index contributed by atoms with van der Waals surface area (Å²) in [5.41, 5.74) is 1.03. The summed E-state index contributed by atoms with van der Waals surface area (Å²) in [6, 6.07) is -1.30. The number of rotatable bonds is 25. The van der Waals surface area contributed by atoms with Crippen molar-refractivity contribution in [3.63, 3.8) is 0 Å². The fraction of sp³-hybridized carbons (Fsp3) is 0.760. The Morgan fingerprint density at radius 1 is 0.903 bits per heavy atom. The Balaban J connectivity index is 0.00000459. The molecule has 11 nitrogen and oxygen atoms in total. The van der Waals surface area contributed by atoms with E-state index < -0.39 is 6.04 Å². The Morgan fingerprint density at radius 3 is 1.98 bits per heavy atom. The molecule has 1 saturated carbocycles. The van der Waals surface area contributed by atoms with Gasteiger partial charge in [-0.1, -0.05) is 119 Å². The van der Waals surface area contributed by atoms with Crippen LogP contribution in [0.25, 0.3) is 0 Å². The fourth-order valence-electron chi connectivity index (χ4n) is 10.1. The monoisotopic (exact) mass is 886 g/mol. The predicted molar refractivity (Wildman–Crippen MR) is 258 cm³/mol. The molecule has 62 heavy (non-hydrogen) atoms. The molecule has 0 aromatic rings. The van der Waals surface area contributed by atoms with Crippen molar-refractivity contribution in [1.29, 1.82) is 0 Å². The molecule has 354 valence electrons. The minimum atomic E-state index is -0.692. The first-order chi connectivity index (χ1) is 29.1. The van der Waals surface area contributed by atoms with E-state index >= 15 is 0 Å². The van der Waals surface area contributed by atoms with Gasteiger partial charge in [0.05, 0.1) is 6.04 Å². The lowest BCUT2D eigenvalue weighted by Crippen LogP contribution is -2.59. The van der Waals surface area contributed by atoms with Gasteiger partial charge in [-0.15, -0.1) is 0 Å². The molecule has 1 heterocycles. The van der Waals surface area contributed by atoms with Crippen LogP contribution >= 0.6 is 11.8 Å². The van der Waals surface area contributed by atoms with Gasteiger partial charge in [0.2, 0.25) is 23.6 Å². The van der Waals surface area contributed by atoms with Gasteiger partial charge in [0.25, 0.3) is 0 Å². The van der Waals surface area contributed by atoms with E-state index in [0.29, 0.717) is 31.6 Å². The summed E-state index contributed by atoms with van der Waals surface area (Å²) >= 11 is 1.88. The van der Waals surface area contributed by atoms with Gasteiger partial charge in [-0.3, -0.25) is 24.1 Å². The lowest BCUT2D eigenvalue weighted by atomic mass is 9.67. The van der Waals surface area contributed by atoms with Crippen LogP contribution in [-0.2, 0) is 24.0 Å². The van der Waals surface area contributed by atoms with E-state index in [1.54, 1.807) is 6.08 Å². The van der Waals surface area contributed by atoms with E-state index in [2.05, 4.69) is 95.9 Å². The summed E-state index contributed by atoms with van der Waals surface area (Å²) in [7, 11) is 3.87. The number of amides is 4. The molecule has 2 rings (SSSR count).